The molecule has 1 aromatic heterocycles. The van der Waals surface area contributed by atoms with Crippen LogP contribution in [0.4, 0.5) is 13.2 Å². The van der Waals surface area contributed by atoms with Gasteiger partial charge in [-0.25, -0.2) is 0 Å². The second-order valence-electron chi connectivity index (χ2n) is 8.42. The number of alkyl halides is 3. The van der Waals surface area contributed by atoms with Crippen LogP contribution >= 0.6 is 46.3 Å². The maximum Gasteiger partial charge on any atom is 0.435 e. The Hall–Kier alpha value is -1.42. The Labute approximate surface area is 206 Å². The van der Waals surface area contributed by atoms with Gasteiger partial charge in [0.1, 0.15) is 5.71 Å². The molecule has 1 amide bonds. The fourth-order valence-corrected chi connectivity index (χ4v) is 6.87. The van der Waals surface area contributed by atoms with E-state index in [9.17, 15) is 18.0 Å². The summed E-state index contributed by atoms with van der Waals surface area (Å²) in [6.45, 7) is 0. The standard InChI is InChI=1S/C22H19Cl2F3N2O2S2/c23-12-5-11(6-13(24)7-12)21(22(25,26)27)8-17(29-31-21)18-15-3-1-2-4-16(15)19(33-18)20(30)28-14-9-32-10-14/h5-7,14H,1-4,8-10H2,(H,28,30). The van der Waals surface area contributed by atoms with E-state index in [-0.39, 0.29) is 33.3 Å². The van der Waals surface area contributed by atoms with E-state index in [0.29, 0.717) is 16.2 Å². The van der Waals surface area contributed by atoms with Crippen LogP contribution in [-0.2, 0) is 23.3 Å². The molecule has 2 aromatic rings. The molecule has 1 unspecified atom stereocenters. The number of halogens is 5. The Morgan fingerprint density at radius 2 is 1.79 bits per heavy atom. The number of rotatable bonds is 4. The van der Waals surface area contributed by atoms with Gasteiger partial charge in [-0.05, 0) is 55.0 Å². The van der Waals surface area contributed by atoms with Crippen LogP contribution in [0.3, 0.4) is 0 Å². The van der Waals surface area contributed by atoms with Crippen molar-refractivity contribution < 1.29 is 22.8 Å². The molecule has 33 heavy (non-hydrogen) atoms. The molecule has 5 rings (SSSR count). The van der Waals surface area contributed by atoms with Gasteiger partial charge in [0, 0.05) is 33.2 Å². The normalized spacial score (nSPS) is 22.9. The zero-order valence-electron chi connectivity index (χ0n) is 17.2. The van der Waals surface area contributed by atoms with E-state index in [2.05, 4.69) is 10.5 Å². The van der Waals surface area contributed by atoms with E-state index in [1.54, 1.807) is 11.8 Å². The molecule has 0 saturated carbocycles. The number of benzene rings is 1. The van der Waals surface area contributed by atoms with Crippen molar-refractivity contribution in [3.05, 3.63) is 54.7 Å². The predicted octanol–water partition coefficient (Wildman–Crippen LogP) is 6.36. The number of fused-ring (bicyclic) bond motifs is 1. The summed E-state index contributed by atoms with van der Waals surface area (Å²) in [4.78, 5) is 19.3. The number of nitrogens with one attached hydrogen (secondary N) is 1. The highest BCUT2D eigenvalue weighted by Crippen LogP contribution is 2.51. The van der Waals surface area contributed by atoms with E-state index in [4.69, 9.17) is 28.0 Å². The third kappa shape index (κ3) is 4.15. The van der Waals surface area contributed by atoms with Crippen molar-refractivity contribution in [3.63, 3.8) is 0 Å². The maximum atomic E-state index is 14.4. The van der Waals surface area contributed by atoms with E-state index >= 15 is 0 Å². The maximum absolute atomic E-state index is 14.4. The number of carbonyl (C=O) groups excluding carboxylic acids is 1. The fourth-order valence-electron chi connectivity index (χ4n) is 4.43. The topological polar surface area (TPSA) is 50.7 Å². The van der Waals surface area contributed by atoms with Gasteiger partial charge in [0.25, 0.3) is 11.5 Å². The molecule has 1 atom stereocenters. The molecule has 1 aromatic carbocycles. The van der Waals surface area contributed by atoms with Crippen molar-refractivity contribution in [1.29, 1.82) is 0 Å². The van der Waals surface area contributed by atoms with Crippen molar-refractivity contribution in [2.45, 2.75) is 49.9 Å². The lowest BCUT2D eigenvalue weighted by atomic mass is 9.85. The molecule has 1 aliphatic carbocycles. The van der Waals surface area contributed by atoms with Gasteiger partial charge in [0.15, 0.2) is 0 Å². The van der Waals surface area contributed by atoms with Gasteiger partial charge in [-0.1, -0.05) is 28.4 Å². The predicted molar refractivity (Wildman–Crippen MR) is 126 cm³/mol. The number of hydrogen-bond donors (Lipinski definition) is 1. The number of nitrogens with zero attached hydrogens (tertiary/aromatic N) is 1. The minimum absolute atomic E-state index is 0.0831. The summed E-state index contributed by atoms with van der Waals surface area (Å²) in [7, 11) is 0. The summed E-state index contributed by atoms with van der Waals surface area (Å²) in [6, 6.07) is 3.93. The summed E-state index contributed by atoms with van der Waals surface area (Å²) >= 11 is 15.0. The second kappa shape index (κ2) is 8.66. The van der Waals surface area contributed by atoms with E-state index in [1.165, 1.54) is 29.5 Å². The second-order valence-corrected chi connectivity index (χ2v) is 11.4. The van der Waals surface area contributed by atoms with Crippen LogP contribution < -0.4 is 5.32 Å². The first-order valence-electron chi connectivity index (χ1n) is 10.5. The molecule has 0 radical (unpaired) electrons. The lowest BCUT2D eigenvalue weighted by molar-refractivity contribution is -0.275. The van der Waals surface area contributed by atoms with Crippen LogP contribution in [0.5, 0.6) is 0 Å². The van der Waals surface area contributed by atoms with Crippen molar-refractivity contribution >= 4 is 57.9 Å². The lowest BCUT2D eigenvalue weighted by Gasteiger charge is -2.29. The number of thiophene rings is 1. The van der Waals surface area contributed by atoms with Gasteiger partial charge in [-0.2, -0.15) is 24.9 Å². The monoisotopic (exact) mass is 534 g/mol. The fraction of sp³-hybridized carbons (Fsp3) is 0.455. The average Bonchev–Trinajstić information content (AvgIpc) is 3.32. The van der Waals surface area contributed by atoms with Crippen molar-refractivity contribution in [2.24, 2.45) is 5.16 Å². The molecule has 0 bridgehead atoms. The highest BCUT2D eigenvalue weighted by Gasteiger charge is 2.62. The highest BCUT2D eigenvalue weighted by atomic mass is 35.5. The van der Waals surface area contributed by atoms with Crippen LogP contribution in [0, 0.1) is 0 Å². The van der Waals surface area contributed by atoms with Crippen LogP contribution in [0.2, 0.25) is 10.0 Å². The Kier molecular flexibility index (Phi) is 6.12. The summed E-state index contributed by atoms with van der Waals surface area (Å²) in [5.41, 5.74) is -0.830. The third-order valence-corrected chi connectivity index (χ3v) is 9.21. The Balaban J connectivity index is 1.52. The molecule has 1 saturated heterocycles. The molecule has 3 aliphatic rings. The first kappa shape index (κ1) is 23.3. The molecule has 3 heterocycles. The number of carbonyl (C=O) groups is 1. The van der Waals surface area contributed by atoms with Crippen molar-refractivity contribution in [1.82, 2.24) is 5.32 Å². The van der Waals surface area contributed by atoms with Gasteiger partial charge >= 0.3 is 6.18 Å². The molecule has 1 fully saturated rings. The number of amides is 1. The van der Waals surface area contributed by atoms with Crippen LogP contribution in [-0.4, -0.2) is 35.3 Å². The van der Waals surface area contributed by atoms with Crippen LogP contribution in [0.25, 0.3) is 0 Å². The van der Waals surface area contributed by atoms with Crippen LogP contribution in [0.1, 0.15) is 50.5 Å². The average molecular weight is 535 g/mol. The molecule has 2 aliphatic heterocycles. The first-order valence-corrected chi connectivity index (χ1v) is 13.2. The zero-order chi connectivity index (χ0) is 23.4. The molecule has 11 heteroatoms. The lowest BCUT2D eigenvalue weighted by Crippen LogP contribution is -2.43. The summed E-state index contributed by atoms with van der Waals surface area (Å²) in [5.74, 6) is 1.60. The first-order chi connectivity index (χ1) is 15.7. The molecular weight excluding hydrogens is 516 g/mol. The van der Waals surface area contributed by atoms with E-state index in [0.717, 1.165) is 41.9 Å². The van der Waals surface area contributed by atoms with E-state index < -0.39 is 18.2 Å². The quantitative estimate of drug-likeness (QED) is 0.496. The number of hydrogen-bond acceptors (Lipinski definition) is 5. The van der Waals surface area contributed by atoms with Crippen molar-refractivity contribution in [3.8, 4) is 0 Å². The van der Waals surface area contributed by atoms with Gasteiger partial charge < -0.3 is 10.2 Å². The zero-order valence-corrected chi connectivity index (χ0v) is 20.4. The van der Waals surface area contributed by atoms with E-state index in [1.807, 2.05) is 0 Å². The Morgan fingerprint density at radius 1 is 1.12 bits per heavy atom. The molecular formula is C22H19Cl2F3N2O2S2. The SMILES string of the molecule is O=C(NC1CSC1)c1sc(C2=NOC(c3cc(Cl)cc(Cl)c3)(C(F)(F)F)C2)c2c1CCCC2. The van der Waals surface area contributed by atoms with Crippen LogP contribution in [0.15, 0.2) is 23.4 Å². The summed E-state index contributed by atoms with van der Waals surface area (Å²) in [6.07, 6.45) is -1.98. The molecule has 176 valence electrons. The van der Waals surface area contributed by atoms with Gasteiger partial charge in [-0.15, -0.1) is 11.3 Å². The van der Waals surface area contributed by atoms with Gasteiger partial charge in [0.2, 0.25) is 0 Å². The largest absolute Gasteiger partial charge is 0.435 e. The van der Waals surface area contributed by atoms with Gasteiger partial charge in [0.05, 0.1) is 16.2 Å². The van der Waals surface area contributed by atoms with Crippen molar-refractivity contribution in [2.75, 3.05) is 11.5 Å². The minimum atomic E-state index is -4.76. The number of oxime groups is 1. The van der Waals surface area contributed by atoms with Gasteiger partial charge in [-0.3, -0.25) is 4.79 Å². The molecule has 0 spiro atoms. The summed E-state index contributed by atoms with van der Waals surface area (Å²) < 4.78 is 43.1. The third-order valence-electron chi connectivity index (χ3n) is 6.18. The Morgan fingerprint density at radius 3 is 2.39 bits per heavy atom. The number of thioether (sulfide) groups is 1. The molecule has 1 N–H and O–H groups in total. The minimum Gasteiger partial charge on any atom is -0.374 e. The highest BCUT2D eigenvalue weighted by molar-refractivity contribution is 8.00. The summed E-state index contributed by atoms with van der Waals surface area (Å²) in [5, 5.41) is 7.12. The smallest absolute Gasteiger partial charge is 0.374 e. The Bertz CT molecular complexity index is 1130. The molecule has 4 nitrogen and oxygen atoms in total.